The van der Waals surface area contributed by atoms with Crippen molar-refractivity contribution in [2.24, 2.45) is 0 Å². The molecule has 1 atom stereocenters. The predicted octanol–water partition coefficient (Wildman–Crippen LogP) is 3.39. The average molecular weight is 220 g/mol. The van der Waals surface area contributed by atoms with Crippen LogP contribution < -0.4 is 4.74 Å². The lowest BCUT2D eigenvalue weighted by molar-refractivity contribution is 0.191. The summed E-state index contributed by atoms with van der Waals surface area (Å²) in [5.41, 5.74) is 1.99. The Morgan fingerprint density at radius 3 is 2.88 bits per heavy atom. The van der Waals surface area contributed by atoms with Gasteiger partial charge in [0, 0.05) is 5.56 Å². The molecule has 0 saturated carbocycles. The Kier molecular flexibility index (Phi) is 5.06. The summed E-state index contributed by atoms with van der Waals surface area (Å²) in [6.45, 7) is 8.09. The van der Waals surface area contributed by atoms with Gasteiger partial charge in [-0.25, -0.2) is 0 Å². The molecule has 0 amide bonds. The van der Waals surface area contributed by atoms with Gasteiger partial charge >= 0.3 is 0 Å². The van der Waals surface area contributed by atoms with Gasteiger partial charge in [0.15, 0.2) is 0 Å². The van der Waals surface area contributed by atoms with Crippen molar-refractivity contribution in [3.63, 3.8) is 0 Å². The summed E-state index contributed by atoms with van der Waals surface area (Å²) >= 11 is 0. The van der Waals surface area contributed by atoms with E-state index in [0.29, 0.717) is 6.61 Å². The maximum atomic E-state index is 9.64. The summed E-state index contributed by atoms with van der Waals surface area (Å²) < 4.78 is 5.65. The van der Waals surface area contributed by atoms with Crippen LogP contribution in [0.5, 0.6) is 5.75 Å². The number of unbranched alkanes of at least 4 members (excludes halogenated alkanes) is 1. The van der Waals surface area contributed by atoms with E-state index in [1.54, 1.807) is 6.92 Å². The predicted molar refractivity (Wildman–Crippen MR) is 66.7 cm³/mol. The maximum absolute atomic E-state index is 9.64. The molecular formula is C14H20O2. The lowest BCUT2D eigenvalue weighted by atomic mass is 10.1. The van der Waals surface area contributed by atoms with Gasteiger partial charge in [-0.15, -0.1) is 6.58 Å². The molecule has 16 heavy (non-hydrogen) atoms. The smallest absolute Gasteiger partial charge is 0.125 e. The van der Waals surface area contributed by atoms with E-state index in [0.717, 1.165) is 29.7 Å². The van der Waals surface area contributed by atoms with Crippen molar-refractivity contribution in [1.82, 2.24) is 0 Å². The number of allylic oxidation sites excluding steroid dienone is 1. The van der Waals surface area contributed by atoms with Gasteiger partial charge in [0.1, 0.15) is 5.75 Å². The minimum Gasteiger partial charge on any atom is -0.493 e. The van der Waals surface area contributed by atoms with Crippen molar-refractivity contribution in [2.45, 2.75) is 32.8 Å². The van der Waals surface area contributed by atoms with Crippen molar-refractivity contribution in [3.8, 4) is 5.75 Å². The van der Waals surface area contributed by atoms with Crippen LogP contribution in [0.3, 0.4) is 0 Å². The summed E-state index contributed by atoms with van der Waals surface area (Å²) in [6, 6.07) is 5.88. The summed E-state index contributed by atoms with van der Waals surface area (Å²) in [5.74, 6) is 0.782. The Bertz CT molecular complexity index is 343. The van der Waals surface area contributed by atoms with Crippen LogP contribution in [0.15, 0.2) is 30.9 Å². The molecule has 0 bridgehead atoms. The molecule has 0 aliphatic rings. The normalized spacial score (nSPS) is 12.2. The summed E-state index contributed by atoms with van der Waals surface area (Å²) in [6.07, 6.45) is 3.30. The molecule has 1 aromatic rings. The standard InChI is InChI=1S/C14H20O2/c1-4-5-6-9-16-14-8-7-11(2)10-13(14)12(3)15/h4,7-8,10,12,15H,1,5-6,9H2,2-3H3. The first kappa shape index (κ1) is 12.8. The first-order valence-corrected chi connectivity index (χ1v) is 5.67. The third kappa shape index (κ3) is 3.70. The van der Waals surface area contributed by atoms with Crippen molar-refractivity contribution in [2.75, 3.05) is 6.61 Å². The maximum Gasteiger partial charge on any atom is 0.125 e. The van der Waals surface area contributed by atoms with Crippen molar-refractivity contribution in [3.05, 3.63) is 42.0 Å². The highest BCUT2D eigenvalue weighted by molar-refractivity contribution is 5.38. The van der Waals surface area contributed by atoms with Crippen LogP contribution in [0.1, 0.15) is 37.0 Å². The lowest BCUT2D eigenvalue weighted by Crippen LogP contribution is -2.02. The van der Waals surface area contributed by atoms with Gasteiger partial charge < -0.3 is 9.84 Å². The highest BCUT2D eigenvalue weighted by Gasteiger charge is 2.08. The molecule has 2 nitrogen and oxygen atoms in total. The lowest BCUT2D eigenvalue weighted by Gasteiger charge is -2.14. The van der Waals surface area contributed by atoms with Gasteiger partial charge in [-0.2, -0.15) is 0 Å². The summed E-state index contributed by atoms with van der Waals surface area (Å²) in [4.78, 5) is 0. The number of hydrogen-bond donors (Lipinski definition) is 1. The molecular weight excluding hydrogens is 200 g/mol. The average Bonchev–Trinajstić information content (AvgIpc) is 2.26. The molecule has 0 aliphatic heterocycles. The van der Waals surface area contributed by atoms with Crippen LogP contribution in [0.4, 0.5) is 0 Å². The minimum atomic E-state index is -0.491. The number of benzene rings is 1. The fourth-order valence-corrected chi connectivity index (χ4v) is 1.54. The Morgan fingerprint density at radius 2 is 2.25 bits per heavy atom. The number of hydrogen-bond acceptors (Lipinski definition) is 2. The van der Waals surface area contributed by atoms with Crippen LogP contribution >= 0.6 is 0 Å². The zero-order valence-corrected chi connectivity index (χ0v) is 10.1. The summed E-state index contributed by atoms with van der Waals surface area (Å²) in [5, 5.41) is 9.64. The molecule has 1 unspecified atom stereocenters. The molecule has 0 aromatic heterocycles. The molecule has 0 aliphatic carbocycles. The Morgan fingerprint density at radius 1 is 1.50 bits per heavy atom. The van der Waals surface area contributed by atoms with Crippen LogP contribution in [0, 0.1) is 6.92 Å². The zero-order valence-electron chi connectivity index (χ0n) is 10.1. The third-order valence-corrected chi connectivity index (χ3v) is 2.43. The number of aryl methyl sites for hydroxylation is 1. The number of aliphatic hydroxyl groups excluding tert-OH is 1. The fourth-order valence-electron chi connectivity index (χ4n) is 1.54. The van der Waals surface area contributed by atoms with E-state index in [-0.39, 0.29) is 0 Å². The van der Waals surface area contributed by atoms with Gasteiger partial charge in [0.25, 0.3) is 0 Å². The molecule has 1 rings (SSSR count). The second kappa shape index (κ2) is 6.33. The molecule has 1 N–H and O–H groups in total. The molecule has 0 heterocycles. The molecule has 88 valence electrons. The van der Waals surface area contributed by atoms with E-state index in [4.69, 9.17) is 4.74 Å². The number of rotatable bonds is 6. The van der Waals surface area contributed by atoms with Crippen molar-refractivity contribution < 1.29 is 9.84 Å². The highest BCUT2D eigenvalue weighted by atomic mass is 16.5. The first-order chi connectivity index (χ1) is 7.65. The van der Waals surface area contributed by atoms with E-state index in [2.05, 4.69) is 6.58 Å². The van der Waals surface area contributed by atoms with E-state index < -0.39 is 6.10 Å². The molecule has 0 saturated heterocycles. The van der Waals surface area contributed by atoms with E-state index in [9.17, 15) is 5.11 Å². The van der Waals surface area contributed by atoms with Crippen LogP contribution in [0.2, 0.25) is 0 Å². The van der Waals surface area contributed by atoms with E-state index in [1.165, 1.54) is 0 Å². The quantitative estimate of drug-likeness (QED) is 0.588. The monoisotopic (exact) mass is 220 g/mol. The van der Waals surface area contributed by atoms with E-state index >= 15 is 0 Å². The van der Waals surface area contributed by atoms with Crippen molar-refractivity contribution in [1.29, 1.82) is 0 Å². The Labute approximate surface area is 97.6 Å². The van der Waals surface area contributed by atoms with Crippen LogP contribution in [-0.4, -0.2) is 11.7 Å². The van der Waals surface area contributed by atoms with Gasteiger partial charge in [-0.05, 0) is 38.8 Å². The Balaban J connectivity index is 2.67. The van der Waals surface area contributed by atoms with Crippen LogP contribution in [0.25, 0.3) is 0 Å². The summed E-state index contributed by atoms with van der Waals surface area (Å²) in [7, 11) is 0. The van der Waals surface area contributed by atoms with Crippen molar-refractivity contribution >= 4 is 0 Å². The van der Waals surface area contributed by atoms with Crippen LogP contribution in [-0.2, 0) is 0 Å². The molecule has 2 heteroatoms. The third-order valence-electron chi connectivity index (χ3n) is 2.43. The SMILES string of the molecule is C=CCCCOc1ccc(C)cc1C(C)O. The second-order valence-electron chi connectivity index (χ2n) is 4.00. The van der Waals surface area contributed by atoms with Gasteiger partial charge in [-0.3, -0.25) is 0 Å². The van der Waals surface area contributed by atoms with Gasteiger partial charge in [-0.1, -0.05) is 17.7 Å². The first-order valence-electron chi connectivity index (χ1n) is 5.67. The number of aliphatic hydroxyl groups is 1. The molecule has 0 spiro atoms. The molecule has 0 radical (unpaired) electrons. The van der Waals surface area contributed by atoms with Gasteiger partial charge in [0.2, 0.25) is 0 Å². The largest absolute Gasteiger partial charge is 0.493 e. The molecule has 1 aromatic carbocycles. The number of ether oxygens (including phenoxy) is 1. The highest BCUT2D eigenvalue weighted by Crippen LogP contribution is 2.26. The van der Waals surface area contributed by atoms with Gasteiger partial charge in [0.05, 0.1) is 12.7 Å². The minimum absolute atomic E-state index is 0.491. The Hall–Kier alpha value is -1.28. The zero-order chi connectivity index (χ0) is 12.0. The fraction of sp³-hybridized carbons (Fsp3) is 0.429. The topological polar surface area (TPSA) is 29.5 Å². The second-order valence-corrected chi connectivity index (χ2v) is 4.00. The van der Waals surface area contributed by atoms with E-state index in [1.807, 2.05) is 31.2 Å². The molecule has 0 fully saturated rings.